The molecule has 5 nitrogen and oxygen atoms in total. The van der Waals surface area contributed by atoms with Gasteiger partial charge in [-0.2, -0.15) is 0 Å². The van der Waals surface area contributed by atoms with Crippen molar-refractivity contribution in [2.24, 2.45) is 4.99 Å². The summed E-state index contributed by atoms with van der Waals surface area (Å²) in [5, 5.41) is 10.9. The molecule has 0 unspecified atom stereocenters. The fourth-order valence-corrected chi connectivity index (χ4v) is 3.07. The van der Waals surface area contributed by atoms with E-state index in [2.05, 4.69) is 0 Å². The van der Waals surface area contributed by atoms with Gasteiger partial charge in [0.05, 0.1) is 4.92 Å². The summed E-state index contributed by atoms with van der Waals surface area (Å²) >= 11 is 0. The van der Waals surface area contributed by atoms with Gasteiger partial charge in [0.1, 0.15) is 6.04 Å². The van der Waals surface area contributed by atoms with Crippen LogP contribution in [0.3, 0.4) is 0 Å². The number of nitro benzene ring substituents is 1. The van der Waals surface area contributed by atoms with Crippen LogP contribution in [0.15, 0.2) is 89.9 Å². The molecular formula is C21H16N2O3. The molecule has 0 N–H and O–H groups in total. The molecule has 0 radical (unpaired) electrons. The van der Waals surface area contributed by atoms with Gasteiger partial charge in [0, 0.05) is 17.7 Å². The van der Waals surface area contributed by atoms with Crippen molar-refractivity contribution in [1.82, 2.24) is 0 Å². The van der Waals surface area contributed by atoms with Crippen LogP contribution >= 0.6 is 0 Å². The first-order valence-electron chi connectivity index (χ1n) is 8.31. The quantitative estimate of drug-likeness (QED) is 0.502. The second kappa shape index (κ2) is 6.80. The molecule has 0 aromatic heterocycles. The van der Waals surface area contributed by atoms with Crippen LogP contribution in [0.4, 0.5) is 5.69 Å². The Balaban J connectivity index is 1.71. The molecule has 26 heavy (non-hydrogen) atoms. The Bertz CT molecular complexity index is 938. The van der Waals surface area contributed by atoms with E-state index in [-0.39, 0.29) is 17.8 Å². The smallest absolute Gasteiger partial charge is 0.269 e. The molecule has 5 heteroatoms. The second-order valence-electron chi connectivity index (χ2n) is 6.04. The van der Waals surface area contributed by atoms with Gasteiger partial charge in [-0.1, -0.05) is 60.7 Å². The minimum absolute atomic E-state index is 0.0477. The van der Waals surface area contributed by atoms with Crippen molar-refractivity contribution in [1.29, 1.82) is 0 Å². The van der Waals surface area contributed by atoms with Gasteiger partial charge < -0.3 is 4.74 Å². The highest BCUT2D eigenvalue weighted by molar-refractivity contribution is 5.95. The normalized spacial score (nSPS) is 18.8. The Labute approximate surface area is 150 Å². The molecule has 2 atom stereocenters. The molecule has 0 saturated heterocycles. The predicted molar refractivity (Wildman–Crippen MR) is 99.1 cm³/mol. The molecule has 3 aromatic rings. The lowest BCUT2D eigenvalue weighted by atomic mass is 9.97. The van der Waals surface area contributed by atoms with Crippen LogP contribution in [0.5, 0.6) is 0 Å². The van der Waals surface area contributed by atoms with Crippen LogP contribution < -0.4 is 0 Å². The lowest BCUT2D eigenvalue weighted by molar-refractivity contribution is -0.384. The molecule has 3 aromatic carbocycles. The van der Waals surface area contributed by atoms with Crippen molar-refractivity contribution in [2.45, 2.75) is 12.1 Å². The van der Waals surface area contributed by atoms with Gasteiger partial charge in [-0.15, -0.1) is 0 Å². The van der Waals surface area contributed by atoms with E-state index in [1.807, 2.05) is 60.7 Å². The zero-order valence-electron chi connectivity index (χ0n) is 13.9. The summed E-state index contributed by atoms with van der Waals surface area (Å²) in [6.45, 7) is 0. The first-order chi connectivity index (χ1) is 12.7. The number of aliphatic imine (C=N–C) groups is 1. The van der Waals surface area contributed by atoms with E-state index in [0.29, 0.717) is 5.90 Å². The molecular weight excluding hydrogens is 328 g/mol. The number of ether oxygens (including phenoxy) is 1. The van der Waals surface area contributed by atoms with Crippen molar-refractivity contribution >= 4 is 11.6 Å². The van der Waals surface area contributed by atoms with E-state index in [9.17, 15) is 10.1 Å². The third kappa shape index (κ3) is 3.07. The first kappa shape index (κ1) is 16.0. The Morgan fingerprint density at radius 2 is 1.38 bits per heavy atom. The van der Waals surface area contributed by atoms with Crippen LogP contribution in [0.2, 0.25) is 0 Å². The SMILES string of the molecule is O=[N+]([O-])c1ccc(C2=N[C@H](c3ccccc3)[C@@H](c3ccccc3)O2)cc1. The van der Waals surface area contributed by atoms with Crippen LogP contribution in [-0.4, -0.2) is 10.8 Å². The topological polar surface area (TPSA) is 64.7 Å². The molecule has 1 aliphatic heterocycles. The molecule has 0 bridgehead atoms. The number of non-ortho nitro benzene ring substituents is 1. The summed E-state index contributed by atoms with van der Waals surface area (Å²) < 4.78 is 6.18. The van der Waals surface area contributed by atoms with Gasteiger partial charge in [-0.25, -0.2) is 4.99 Å². The van der Waals surface area contributed by atoms with Gasteiger partial charge in [-0.3, -0.25) is 10.1 Å². The summed E-state index contributed by atoms with van der Waals surface area (Å²) in [5.74, 6) is 0.502. The highest BCUT2D eigenvalue weighted by Crippen LogP contribution is 2.41. The van der Waals surface area contributed by atoms with Crippen molar-refractivity contribution in [2.75, 3.05) is 0 Å². The van der Waals surface area contributed by atoms with E-state index < -0.39 is 4.92 Å². The Kier molecular flexibility index (Phi) is 4.19. The number of nitro groups is 1. The minimum Gasteiger partial charge on any atom is -0.467 e. The number of hydrogen-bond donors (Lipinski definition) is 0. The third-order valence-electron chi connectivity index (χ3n) is 4.38. The zero-order chi connectivity index (χ0) is 17.9. The molecule has 0 saturated carbocycles. The fraction of sp³-hybridized carbons (Fsp3) is 0.0952. The van der Waals surface area contributed by atoms with Gasteiger partial charge in [0.25, 0.3) is 5.69 Å². The summed E-state index contributed by atoms with van der Waals surface area (Å²) in [5.41, 5.74) is 2.89. The molecule has 1 aliphatic rings. The van der Waals surface area contributed by atoms with Gasteiger partial charge >= 0.3 is 0 Å². The van der Waals surface area contributed by atoms with Gasteiger partial charge in [0.2, 0.25) is 5.90 Å². The minimum atomic E-state index is -0.416. The number of rotatable bonds is 4. The van der Waals surface area contributed by atoms with Crippen LogP contribution in [-0.2, 0) is 4.74 Å². The van der Waals surface area contributed by atoms with Crippen molar-refractivity contribution in [3.63, 3.8) is 0 Å². The van der Waals surface area contributed by atoms with E-state index in [4.69, 9.17) is 9.73 Å². The molecule has 4 rings (SSSR count). The van der Waals surface area contributed by atoms with E-state index >= 15 is 0 Å². The Hall–Kier alpha value is -3.47. The predicted octanol–water partition coefficient (Wildman–Crippen LogP) is 4.85. The largest absolute Gasteiger partial charge is 0.467 e. The molecule has 128 valence electrons. The summed E-state index contributed by atoms with van der Waals surface area (Å²) in [6.07, 6.45) is -0.233. The highest BCUT2D eigenvalue weighted by Gasteiger charge is 2.34. The number of benzene rings is 3. The molecule has 0 fully saturated rings. The fourth-order valence-electron chi connectivity index (χ4n) is 3.07. The molecule has 0 amide bonds. The second-order valence-corrected chi connectivity index (χ2v) is 6.04. The monoisotopic (exact) mass is 344 g/mol. The maximum atomic E-state index is 10.9. The maximum absolute atomic E-state index is 10.9. The van der Waals surface area contributed by atoms with E-state index in [0.717, 1.165) is 16.7 Å². The average Bonchev–Trinajstić information content (AvgIpc) is 3.15. The Morgan fingerprint density at radius 3 is 1.96 bits per heavy atom. The van der Waals surface area contributed by atoms with Gasteiger partial charge in [0.15, 0.2) is 6.10 Å². The third-order valence-corrected chi connectivity index (χ3v) is 4.38. The average molecular weight is 344 g/mol. The lowest BCUT2D eigenvalue weighted by Crippen LogP contribution is -2.09. The number of nitrogens with zero attached hydrogens (tertiary/aromatic N) is 2. The van der Waals surface area contributed by atoms with Crippen LogP contribution in [0.25, 0.3) is 0 Å². The Morgan fingerprint density at radius 1 is 0.808 bits per heavy atom. The number of hydrogen-bond acceptors (Lipinski definition) is 4. The standard InChI is InChI=1S/C21H16N2O3/c24-23(25)18-13-11-17(12-14-18)21-22-19(15-7-3-1-4-8-15)20(26-21)16-9-5-2-6-10-16/h1-14,19-20H/t19-,20-/m1/s1. The van der Waals surface area contributed by atoms with Crippen molar-refractivity contribution in [3.8, 4) is 0 Å². The first-order valence-corrected chi connectivity index (χ1v) is 8.31. The molecule has 1 heterocycles. The molecule has 0 spiro atoms. The summed E-state index contributed by atoms with van der Waals surface area (Å²) in [7, 11) is 0. The van der Waals surface area contributed by atoms with Crippen molar-refractivity contribution < 1.29 is 9.66 Å². The van der Waals surface area contributed by atoms with E-state index in [1.54, 1.807) is 12.1 Å². The lowest BCUT2D eigenvalue weighted by Gasteiger charge is -2.18. The maximum Gasteiger partial charge on any atom is 0.269 e. The summed E-state index contributed by atoms with van der Waals surface area (Å²) in [6, 6.07) is 26.1. The highest BCUT2D eigenvalue weighted by atomic mass is 16.6. The van der Waals surface area contributed by atoms with E-state index in [1.165, 1.54) is 12.1 Å². The molecule has 0 aliphatic carbocycles. The van der Waals surface area contributed by atoms with Crippen molar-refractivity contribution in [3.05, 3.63) is 112 Å². The van der Waals surface area contributed by atoms with Crippen LogP contribution in [0.1, 0.15) is 28.8 Å². The van der Waals surface area contributed by atoms with Gasteiger partial charge in [-0.05, 0) is 23.3 Å². The summed E-state index contributed by atoms with van der Waals surface area (Å²) in [4.78, 5) is 15.2. The van der Waals surface area contributed by atoms with Crippen LogP contribution in [0, 0.1) is 10.1 Å². The zero-order valence-corrected chi connectivity index (χ0v) is 13.9.